The molecular weight excluding hydrogens is 384 g/mol. The summed E-state index contributed by atoms with van der Waals surface area (Å²) in [7, 11) is -3.64. The van der Waals surface area contributed by atoms with E-state index >= 15 is 0 Å². The molecule has 1 N–H and O–H groups in total. The summed E-state index contributed by atoms with van der Waals surface area (Å²) in [5.41, 5.74) is 2.79. The molecule has 1 atom stereocenters. The van der Waals surface area contributed by atoms with Gasteiger partial charge in [0.15, 0.2) is 0 Å². The summed E-state index contributed by atoms with van der Waals surface area (Å²) in [4.78, 5) is 13.0. The van der Waals surface area contributed by atoms with E-state index in [0.717, 1.165) is 16.8 Å². The van der Waals surface area contributed by atoms with Crippen molar-refractivity contribution >= 4 is 33.2 Å². The van der Waals surface area contributed by atoms with E-state index in [4.69, 9.17) is 11.6 Å². The highest BCUT2D eigenvalue weighted by molar-refractivity contribution is 7.89. The predicted molar refractivity (Wildman–Crippen MR) is 107 cm³/mol. The average molecular weight is 407 g/mol. The Hall–Kier alpha value is -1.89. The molecule has 3 rings (SSSR count). The van der Waals surface area contributed by atoms with E-state index in [9.17, 15) is 13.2 Å². The molecule has 0 bridgehead atoms. The first-order valence-electron chi connectivity index (χ1n) is 8.92. The van der Waals surface area contributed by atoms with Gasteiger partial charge in [0.05, 0.1) is 10.8 Å². The summed E-state index contributed by atoms with van der Waals surface area (Å²) < 4.78 is 27.2. The molecule has 5 nitrogen and oxygen atoms in total. The quantitative estimate of drug-likeness (QED) is 0.834. The van der Waals surface area contributed by atoms with E-state index in [-0.39, 0.29) is 23.3 Å². The Morgan fingerprint density at radius 2 is 1.74 bits per heavy atom. The van der Waals surface area contributed by atoms with Gasteiger partial charge in [-0.1, -0.05) is 29.8 Å². The van der Waals surface area contributed by atoms with Crippen molar-refractivity contribution in [3.63, 3.8) is 0 Å². The van der Waals surface area contributed by atoms with Gasteiger partial charge < -0.3 is 5.32 Å². The van der Waals surface area contributed by atoms with Gasteiger partial charge >= 0.3 is 0 Å². The van der Waals surface area contributed by atoms with E-state index in [0.29, 0.717) is 24.4 Å². The maximum Gasteiger partial charge on any atom is 0.243 e. The fraction of sp³-hybridized carbons (Fsp3) is 0.350. The van der Waals surface area contributed by atoms with Crippen LogP contribution in [0.3, 0.4) is 0 Å². The Morgan fingerprint density at radius 1 is 1.11 bits per heavy atom. The highest BCUT2D eigenvalue weighted by Gasteiger charge is 2.33. The molecule has 0 spiro atoms. The molecular formula is C20H23ClN2O3S. The van der Waals surface area contributed by atoms with Crippen LogP contribution in [0.25, 0.3) is 0 Å². The van der Waals surface area contributed by atoms with E-state index < -0.39 is 10.0 Å². The standard InChI is InChI=1S/C20H23ClN2O3S/c1-14-5-3-6-15(2)19(14)22-20(24)16-7-4-12-23(13-16)27(25,26)18-10-8-17(21)9-11-18/h3,5-6,8-11,16H,4,7,12-13H2,1-2H3,(H,22,24)/t16-/m0/s1. The molecule has 1 saturated heterocycles. The number of nitrogens with one attached hydrogen (secondary N) is 1. The maximum absolute atomic E-state index is 12.9. The van der Waals surface area contributed by atoms with Crippen LogP contribution in [0.2, 0.25) is 5.02 Å². The second kappa shape index (κ2) is 8.00. The molecule has 1 aliphatic heterocycles. The van der Waals surface area contributed by atoms with Crippen LogP contribution < -0.4 is 5.32 Å². The molecule has 0 unspecified atom stereocenters. The molecule has 2 aromatic rings. The average Bonchev–Trinajstić information content (AvgIpc) is 2.65. The number of nitrogens with zero attached hydrogens (tertiary/aromatic N) is 1. The number of benzene rings is 2. The molecule has 0 radical (unpaired) electrons. The van der Waals surface area contributed by atoms with Crippen LogP contribution in [0.5, 0.6) is 0 Å². The van der Waals surface area contributed by atoms with Crippen molar-refractivity contribution in [2.45, 2.75) is 31.6 Å². The van der Waals surface area contributed by atoms with Crippen LogP contribution >= 0.6 is 11.6 Å². The summed E-state index contributed by atoms with van der Waals surface area (Å²) >= 11 is 5.85. The molecule has 7 heteroatoms. The van der Waals surface area contributed by atoms with E-state index in [1.54, 1.807) is 12.1 Å². The zero-order valence-electron chi connectivity index (χ0n) is 15.4. The van der Waals surface area contributed by atoms with Gasteiger partial charge in [-0.15, -0.1) is 0 Å². The Kier molecular flexibility index (Phi) is 5.89. The first-order valence-corrected chi connectivity index (χ1v) is 10.7. The van der Waals surface area contributed by atoms with Gasteiger partial charge in [-0.25, -0.2) is 8.42 Å². The number of amides is 1. The minimum Gasteiger partial charge on any atom is -0.325 e. The third kappa shape index (κ3) is 4.34. The monoisotopic (exact) mass is 406 g/mol. The Bertz CT molecular complexity index is 922. The van der Waals surface area contributed by atoms with Crippen molar-refractivity contribution < 1.29 is 13.2 Å². The molecule has 144 valence electrons. The molecule has 1 fully saturated rings. The van der Waals surface area contributed by atoms with E-state index in [1.165, 1.54) is 16.4 Å². The maximum atomic E-state index is 12.9. The Balaban J connectivity index is 1.75. The fourth-order valence-corrected chi connectivity index (χ4v) is 5.02. The summed E-state index contributed by atoms with van der Waals surface area (Å²) in [6.45, 7) is 4.49. The molecule has 2 aromatic carbocycles. The second-order valence-corrected chi connectivity index (χ2v) is 9.29. The van der Waals surface area contributed by atoms with Crippen molar-refractivity contribution in [2.24, 2.45) is 5.92 Å². The number of aryl methyl sites for hydroxylation is 2. The minimum absolute atomic E-state index is 0.136. The lowest BCUT2D eigenvalue weighted by Gasteiger charge is -2.31. The van der Waals surface area contributed by atoms with Gasteiger partial charge in [0.1, 0.15) is 0 Å². The van der Waals surface area contributed by atoms with Gasteiger partial charge in [-0.05, 0) is 62.1 Å². The lowest BCUT2D eigenvalue weighted by Crippen LogP contribution is -2.43. The minimum atomic E-state index is -3.64. The van der Waals surface area contributed by atoms with Crippen molar-refractivity contribution in [1.29, 1.82) is 0 Å². The topological polar surface area (TPSA) is 66.5 Å². The van der Waals surface area contributed by atoms with Crippen LogP contribution in [0, 0.1) is 19.8 Å². The second-order valence-electron chi connectivity index (χ2n) is 6.91. The number of rotatable bonds is 4. The van der Waals surface area contributed by atoms with Crippen molar-refractivity contribution in [3.8, 4) is 0 Å². The Morgan fingerprint density at radius 3 is 2.37 bits per heavy atom. The van der Waals surface area contributed by atoms with Crippen LogP contribution in [0.1, 0.15) is 24.0 Å². The predicted octanol–water partition coefficient (Wildman–Crippen LogP) is 4.00. The number of carbonyl (C=O) groups excluding carboxylic acids is 1. The van der Waals surface area contributed by atoms with Crippen LogP contribution in [0.4, 0.5) is 5.69 Å². The molecule has 27 heavy (non-hydrogen) atoms. The van der Waals surface area contributed by atoms with E-state index in [1.807, 2.05) is 32.0 Å². The summed E-state index contributed by atoms with van der Waals surface area (Å²) in [5, 5.41) is 3.47. The van der Waals surface area contributed by atoms with Crippen molar-refractivity contribution in [2.75, 3.05) is 18.4 Å². The third-order valence-corrected chi connectivity index (χ3v) is 7.07. The van der Waals surface area contributed by atoms with Crippen LogP contribution in [-0.4, -0.2) is 31.7 Å². The molecule has 0 saturated carbocycles. The van der Waals surface area contributed by atoms with Crippen molar-refractivity contribution in [3.05, 3.63) is 58.6 Å². The zero-order valence-corrected chi connectivity index (χ0v) is 17.0. The summed E-state index contributed by atoms with van der Waals surface area (Å²) in [5.74, 6) is -0.511. The number of hydrogen-bond donors (Lipinski definition) is 1. The number of sulfonamides is 1. The third-order valence-electron chi connectivity index (χ3n) is 4.94. The molecule has 1 heterocycles. The molecule has 0 aromatic heterocycles. The highest BCUT2D eigenvalue weighted by Crippen LogP contribution is 2.27. The zero-order chi connectivity index (χ0) is 19.6. The number of anilines is 1. The van der Waals surface area contributed by atoms with Gasteiger partial charge in [0.25, 0.3) is 0 Å². The van der Waals surface area contributed by atoms with E-state index in [2.05, 4.69) is 5.32 Å². The number of hydrogen-bond acceptors (Lipinski definition) is 3. The normalized spacial score (nSPS) is 18.3. The first-order chi connectivity index (χ1) is 12.8. The fourth-order valence-electron chi connectivity index (χ4n) is 3.37. The number of piperidine rings is 1. The van der Waals surface area contributed by atoms with Crippen LogP contribution in [0.15, 0.2) is 47.4 Å². The van der Waals surface area contributed by atoms with Gasteiger partial charge in [-0.2, -0.15) is 4.31 Å². The number of halogens is 1. The number of carbonyl (C=O) groups is 1. The Labute approximate surface area is 165 Å². The lowest BCUT2D eigenvalue weighted by atomic mass is 9.98. The first kappa shape index (κ1) is 19.9. The van der Waals surface area contributed by atoms with Crippen molar-refractivity contribution in [1.82, 2.24) is 4.31 Å². The van der Waals surface area contributed by atoms with Gasteiger partial charge in [0, 0.05) is 23.8 Å². The lowest BCUT2D eigenvalue weighted by molar-refractivity contribution is -0.120. The number of para-hydroxylation sites is 1. The molecule has 1 aliphatic rings. The highest BCUT2D eigenvalue weighted by atomic mass is 35.5. The van der Waals surface area contributed by atoms with Crippen LogP contribution in [-0.2, 0) is 14.8 Å². The summed E-state index contributed by atoms with van der Waals surface area (Å²) in [6.07, 6.45) is 1.32. The SMILES string of the molecule is Cc1cccc(C)c1NC(=O)[C@H]1CCCN(S(=O)(=O)c2ccc(Cl)cc2)C1. The molecule has 1 amide bonds. The van der Waals surface area contributed by atoms with Gasteiger partial charge in [0.2, 0.25) is 15.9 Å². The van der Waals surface area contributed by atoms with Gasteiger partial charge in [-0.3, -0.25) is 4.79 Å². The largest absolute Gasteiger partial charge is 0.325 e. The summed E-state index contributed by atoms with van der Waals surface area (Å²) in [6, 6.07) is 12.0. The molecule has 0 aliphatic carbocycles. The smallest absolute Gasteiger partial charge is 0.243 e.